The Hall–Kier alpha value is -3.84. The second-order valence-electron chi connectivity index (χ2n) is 6.75. The number of rotatable bonds is 4. The van der Waals surface area contributed by atoms with Crippen LogP contribution < -0.4 is 0 Å². The zero-order valence-corrected chi connectivity index (χ0v) is 17.5. The van der Waals surface area contributed by atoms with Gasteiger partial charge in [-0.05, 0) is 57.9 Å². The minimum absolute atomic E-state index is 0.0123. The fourth-order valence-electron chi connectivity index (χ4n) is 3.22. The molecule has 0 saturated heterocycles. The molecule has 3 N–H and O–H groups in total. The van der Waals surface area contributed by atoms with Crippen molar-refractivity contribution in [2.45, 2.75) is 0 Å². The van der Waals surface area contributed by atoms with Crippen LogP contribution in [0.3, 0.4) is 0 Å². The van der Waals surface area contributed by atoms with Crippen LogP contribution in [0.1, 0.15) is 21.5 Å². The fourth-order valence-corrected chi connectivity index (χ4v) is 3.60. The zero-order chi connectivity index (χ0) is 22.1. The van der Waals surface area contributed by atoms with E-state index in [2.05, 4.69) is 15.9 Å². The minimum Gasteiger partial charge on any atom is -0.508 e. The Labute approximate surface area is 185 Å². The number of hydrogen-bond acceptors (Lipinski definition) is 6. The van der Waals surface area contributed by atoms with Crippen LogP contribution in [0.25, 0.3) is 11.6 Å². The molecule has 1 aliphatic heterocycles. The number of phenols is 3. The highest BCUT2D eigenvalue weighted by molar-refractivity contribution is 9.10. The normalized spacial score (nSPS) is 14.7. The van der Waals surface area contributed by atoms with Crippen molar-refractivity contribution in [3.8, 4) is 17.2 Å². The molecule has 0 unspecified atom stereocenters. The number of carbonyl (C=O) groups is 2. The van der Waals surface area contributed by atoms with Crippen molar-refractivity contribution >= 4 is 39.3 Å². The van der Waals surface area contributed by atoms with Gasteiger partial charge in [0.15, 0.2) is 0 Å². The lowest BCUT2D eigenvalue weighted by Crippen LogP contribution is -2.11. The Morgan fingerprint density at radius 2 is 1.61 bits per heavy atom. The molecule has 0 bridgehead atoms. The monoisotopic (exact) mass is 478 g/mol. The molecular weight excluding hydrogens is 464 g/mol. The van der Waals surface area contributed by atoms with Crippen molar-refractivity contribution < 1.29 is 29.6 Å². The van der Waals surface area contributed by atoms with Crippen LogP contribution in [0.5, 0.6) is 17.2 Å². The van der Waals surface area contributed by atoms with Crippen LogP contribution in [-0.4, -0.2) is 27.1 Å². The van der Waals surface area contributed by atoms with Crippen LogP contribution in [0.2, 0.25) is 0 Å². The van der Waals surface area contributed by atoms with Gasteiger partial charge in [0.1, 0.15) is 28.6 Å². The van der Waals surface area contributed by atoms with Crippen molar-refractivity contribution in [2.24, 2.45) is 0 Å². The smallest absolute Gasteiger partial charge is 0.348 e. The molecular formula is C24H15BrO6. The Morgan fingerprint density at radius 1 is 0.903 bits per heavy atom. The molecule has 4 rings (SSSR count). The quantitative estimate of drug-likeness (QED) is 0.215. The molecule has 0 saturated carbocycles. The molecule has 0 radical (unpaired) electrons. The lowest BCUT2D eigenvalue weighted by atomic mass is 9.93. The third-order valence-corrected chi connectivity index (χ3v) is 5.34. The molecule has 6 nitrogen and oxygen atoms in total. The predicted octanol–water partition coefficient (Wildman–Crippen LogP) is 4.80. The first kappa shape index (κ1) is 20.4. The molecule has 31 heavy (non-hydrogen) atoms. The maximum Gasteiger partial charge on any atom is 0.348 e. The van der Waals surface area contributed by atoms with E-state index in [0.717, 1.165) is 0 Å². The number of Topliss-reactive ketones (excluding diaryl/α,β-unsaturated/α-hetero) is 1. The van der Waals surface area contributed by atoms with Gasteiger partial charge >= 0.3 is 5.97 Å². The fraction of sp³-hybridized carbons (Fsp3) is 0. The summed E-state index contributed by atoms with van der Waals surface area (Å²) in [6.07, 6.45) is 1.37. The summed E-state index contributed by atoms with van der Waals surface area (Å²) in [5.74, 6) is -1.57. The molecule has 0 aliphatic carbocycles. The summed E-state index contributed by atoms with van der Waals surface area (Å²) in [7, 11) is 0. The first-order chi connectivity index (χ1) is 14.8. The molecule has 1 aliphatic rings. The predicted molar refractivity (Wildman–Crippen MR) is 117 cm³/mol. The van der Waals surface area contributed by atoms with Gasteiger partial charge in [0.05, 0.1) is 4.47 Å². The number of ketones is 1. The van der Waals surface area contributed by atoms with E-state index in [1.54, 1.807) is 42.5 Å². The molecule has 7 heteroatoms. The van der Waals surface area contributed by atoms with E-state index in [4.69, 9.17) is 4.74 Å². The van der Waals surface area contributed by atoms with Gasteiger partial charge in [-0.3, -0.25) is 4.79 Å². The second kappa shape index (κ2) is 8.12. The lowest BCUT2D eigenvalue weighted by Gasteiger charge is -2.08. The maximum atomic E-state index is 13.2. The summed E-state index contributed by atoms with van der Waals surface area (Å²) in [6.45, 7) is 0. The lowest BCUT2D eigenvalue weighted by molar-refractivity contribution is -0.132. The van der Waals surface area contributed by atoms with Gasteiger partial charge in [-0.25, -0.2) is 4.79 Å². The summed E-state index contributed by atoms with van der Waals surface area (Å²) >= 11 is 3.24. The van der Waals surface area contributed by atoms with Crippen molar-refractivity contribution in [1.29, 1.82) is 0 Å². The van der Waals surface area contributed by atoms with Crippen molar-refractivity contribution in [3.05, 3.63) is 99.2 Å². The average molecular weight is 479 g/mol. The first-order valence-electron chi connectivity index (χ1n) is 9.14. The Morgan fingerprint density at radius 3 is 2.32 bits per heavy atom. The highest BCUT2D eigenvalue weighted by atomic mass is 79.9. The third-order valence-electron chi connectivity index (χ3n) is 4.70. The summed E-state index contributed by atoms with van der Waals surface area (Å²) in [6, 6.07) is 16.8. The Bertz CT molecular complexity index is 1270. The summed E-state index contributed by atoms with van der Waals surface area (Å²) in [5, 5.41) is 29.7. The number of benzene rings is 3. The van der Waals surface area contributed by atoms with Gasteiger partial charge in [0.2, 0.25) is 5.78 Å². The Kier molecular flexibility index (Phi) is 5.35. The zero-order valence-electron chi connectivity index (χ0n) is 15.9. The second-order valence-corrected chi connectivity index (χ2v) is 7.61. The van der Waals surface area contributed by atoms with E-state index in [1.165, 1.54) is 30.3 Å². The van der Waals surface area contributed by atoms with E-state index < -0.39 is 11.8 Å². The number of aromatic hydroxyl groups is 3. The number of phenolic OH excluding ortho intramolecular Hbond substituents is 3. The molecule has 0 amide bonds. The van der Waals surface area contributed by atoms with E-state index in [0.29, 0.717) is 15.6 Å². The van der Waals surface area contributed by atoms with Crippen LogP contribution in [0.4, 0.5) is 0 Å². The highest BCUT2D eigenvalue weighted by Crippen LogP contribution is 2.40. The van der Waals surface area contributed by atoms with Crippen molar-refractivity contribution in [1.82, 2.24) is 0 Å². The van der Waals surface area contributed by atoms with Crippen LogP contribution in [0.15, 0.2) is 82.5 Å². The molecule has 3 aromatic rings. The van der Waals surface area contributed by atoms with Crippen LogP contribution in [0, 0.1) is 0 Å². The molecule has 0 aromatic heterocycles. The highest BCUT2D eigenvalue weighted by Gasteiger charge is 2.36. The number of cyclic esters (lactones) is 1. The van der Waals surface area contributed by atoms with Gasteiger partial charge in [0, 0.05) is 16.7 Å². The number of esters is 1. The average Bonchev–Trinajstić information content (AvgIpc) is 3.08. The number of allylic oxidation sites excluding steroid dienone is 1. The topological polar surface area (TPSA) is 104 Å². The third kappa shape index (κ3) is 3.95. The number of hydrogen-bond donors (Lipinski definition) is 3. The SMILES string of the molecule is O=C1O/C(=C\c2cc(O)ccc2O)C(c2ccc(O)c(Br)c2)=C1C(=O)c1ccccc1. The molecule has 0 fully saturated rings. The number of ether oxygens (including phenoxy) is 1. The van der Waals surface area contributed by atoms with Gasteiger partial charge in [-0.15, -0.1) is 0 Å². The van der Waals surface area contributed by atoms with Crippen molar-refractivity contribution in [3.63, 3.8) is 0 Å². The summed E-state index contributed by atoms with van der Waals surface area (Å²) in [4.78, 5) is 25.9. The first-order valence-corrected chi connectivity index (χ1v) is 9.93. The van der Waals surface area contributed by atoms with Crippen LogP contribution in [-0.2, 0) is 9.53 Å². The minimum atomic E-state index is -0.834. The molecule has 0 atom stereocenters. The Balaban J connectivity index is 1.95. The van der Waals surface area contributed by atoms with Gasteiger partial charge in [0.25, 0.3) is 0 Å². The van der Waals surface area contributed by atoms with E-state index >= 15 is 0 Å². The van der Waals surface area contributed by atoms with Crippen LogP contribution >= 0.6 is 15.9 Å². The largest absolute Gasteiger partial charge is 0.508 e. The number of carbonyl (C=O) groups excluding carboxylic acids is 2. The van der Waals surface area contributed by atoms with Crippen molar-refractivity contribution in [2.75, 3.05) is 0 Å². The van der Waals surface area contributed by atoms with E-state index in [9.17, 15) is 24.9 Å². The molecule has 1 heterocycles. The van der Waals surface area contributed by atoms with E-state index in [1.807, 2.05) is 0 Å². The number of halogens is 1. The standard InChI is InChI=1S/C24H15BrO6/c25-17-11-14(6-8-19(17)28)21-20(12-15-10-16(26)7-9-18(15)27)31-24(30)22(21)23(29)13-4-2-1-3-5-13/h1-12,26-28H/b20-12-. The van der Waals surface area contributed by atoms with Gasteiger partial charge in [-0.1, -0.05) is 36.4 Å². The maximum absolute atomic E-state index is 13.2. The van der Waals surface area contributed by atoms with E-state index in [-0.39, 0.29) is 39.7 Å². The van der Waals surface area contributed by atoms with Gasteiger partial charge < -0.3 is 20.1 Å². The molecule has 0 spiro atoms. The summed E-state index contributed by atoms with van der Waals surface area (Å²) in [5.41, 5.74) is 0.996. The molecule has 3 aromatic carbocycles. The molecule has 154 valence electrons. The van der Waals surface area contributed by atoms with Gasteiger partial charge in [-0.2, -0.15) is 0 Å². The summed E-state index contributed by atoms with van der Waals surface area (Å²) < 4.78 is 5.77.